The third-order valence-corrected chi connectivity index (χ3v) is 11.0. The number of nitrogens with one attached hydrogen (secondary N) is 1. The minimum atomic E-state index is -0.933. The zero-order valence-corrected chi connectivity index (χ0v) is 28.1. The van der Waals surface area contributed by atoms with Crippen LogP contribution in [0.1, 0.15) is 97.2 Å². The zero-order chi connectivity index (χ0) is 33.3. The maximum Gasteiger partial charge on any atom is 0.330 e. The molecule has 0 spiro atoms. The van der Waals surface area contributed by atoms with Gasteiger partial charge in [0.2, 0.25) is 5.91 Å². The molecule has 7 heteroatoms. The van der Waals surface area contributed by atoms with Crippen molar-refractivity contribution in [1.82, 2.24) is 9.47 Å². The van der Waals surface area contributed by atoms with E-state index in [1.807, 2.05) is 30.3 Å². The molecule has 0 unspecified atom stereocenters. The second-order valence-electron chi connectivity index (χ2n) is 13.8. The van der Waals surface area contributed by atoms with Gasteiger partial charge in [-0.3, -0.25) is 9.59 Å². The van der Waals surface area contributed by atoms with Crippen LogP contribution in [-0.4, -0.2) is 46.9 Å². The van der Waals surface area contributed by atoms with Crippen LogP contribution < -0.4 is 5.32 Å². The number of benzene rings is 3. The van der Waals surface area contributed by atoms with Gasteiger partial charge in [-0.15, -0.1) is 0 Å². The van der Waals surface area contributed by atoms with E-state index >= 15 is 0 Å². The molecular weight excluding hydrogens is 598 g/mol. The summed E-state index contributed by atoms with van der Waals surface area (Å²) in [6, 6.07) is 22.4. The largest absolute Gasteiger partial charge is 0.466 e. The molecule has 1 N–H and O–H groups in total. The number of ether oxygens (including phenoxy) is 1. The number of nitrogens with zero attached hydrogens (tertiary/aromatic N) is 2. The molecule has 1 aromatic heterocycles. The summed E-state index contributed by atoms with van der Waals surface area (Å²) in [7, 11) is 3.13. The normalized spacial score (nSPS) is 17.5. The Kier molecular flexibility index (Phi) is 8.95. The van der Waals surface area contributed by atoms with E-state index in [4.69, 9.17) is 0 Å². The topological polar surface area (TPSA) is 80.6 Å². The number of esters is 1. The summed E-state index contributed by atoms with van der Waals surface area (Å²) in [5.74, 6) is -0.190. The first kappa shape index (κ1) is 31.9. The van der Waals surface area contributed by atoms with Gasteiger partial charge in [0.15, 0.2) is 0 Å². The molecule has 2 amide bonds. The van der Waals surface area contributed by atoms with E-state index < -0.39 is 11.5 Å². The van der Waals surface area contributed by atoms with E-state index in [-0.39, 0.29) is 11.8 Å². The summed E-state index contributed by atoms with van der Waals surface area (Å²) >= 11 is 0. The Morgan fingerprint density at radius 3 is 2.42 bits per heavy atom. The number of rotatable bonds is 7. The predicted octanol–water partition coefficient (Wildman–Crippen LogP) is 8.51. The number of hydrogen-bond donors (Lipinski definition) is 1. The van der Waals surface area contributed by atoms with Crippen molar-refractivity contribution < 1.29 is 19.1 Å². The van der Waals surface area contributed by atoms with E-state index in [9.17, 15) is 14.4 Å². The van der Waals surface area contributed by atoms with E-state index in [1.54, 1.807) is 18.0 Å². The van der Waals surface area contributed by atoms with Gasteiger partial charge in [0, 0.05) is 47.4 Å². The van der Waals surface area contributed by atoms with Crippen molar-refractivity contribution in [3.8, 4) is 11.3 Å². The highest BCUT2D eigenvalue weighted by Gasteiger charge is 2.47. The maximum atomic E-state index is 14.4. The van der Waals surface area contributed by atoms with Gasteiger partial charge >= 0.3 is 5.97 Å². The molecule has 0 bridgehead atoms. The summed E-state index contributed by atoms with van der Waals surface area (Å²) in [6.07, 6.45) is 14.4. The highest BCUT2D eigenvalue weighted by Crippen LogP contribution is 2.46. The number of aromatic nitrogens is 1. The average molecular weight is 644 g/mol. The molecule has 4 aromatic rings. The van der Waals surface area contributed by atoms with E-state index in [0.29, 0.717) is 30.0 Å². The lowest BCUT2D eigenvalue weighted by atomic mass is 9.81. The highest BCUT2D eigenvalue weighted by molar-refractivity contribution is 6.06. The maximum absolute atomic E-state index is 14.4. The lowest BCUT2D eigenvalue weighted by molar-refractivity contribution is -0.134. The number of anilines is 1. The number of hydrogen-bond acceptors (Lipinski definition) is 4. The van der Waals surface area contributed by atoms with E-state index in [0.717, 1.165) is 43.3 Å². The van der Waals surface area contributed by atoms with Gasteiger partial charge in [0.1, 0.15) is 5.54 Å². The number of aryl methyl sites for hydroxylation is 2. The first-order valence-electron chi connectivity index (χ1n) is 17.6. The molecule has 1 aliphatic heterocycles. The smallest absolute Gasteiger partial charge is 0.330 e. The number of fused-ring (bicyclic) bond motifs is 5. The molecule has 0 radical (unpaired) electrons. The lowest BCUT2D eigenvalue weighted by Gasteiger charge is -2.37. The zero-order valence-electron chi connectivity index (χ0n) is 28.1. The van der Waals surface area contributed by atoms with E-state index in [2.05, 4.69) is 51.0 Å². The second kappa shape index (κ2) is 13.5. The average Bonchev–Trinajstić information content (AvgIpc) is 3.70. The van der Waals surface area contributed by atoms with Gasteiger partial charge in [0.05, 0.1) is 12.8 Å². The summed E-state index contributed by atoms with van der Waals surface area (Å²) in [4.78, 5) is 41.5. The van der Waals surface area contributed by atoms with Crippen LogP contribution in [-0.2, 0) is 27.3 Å². The second-order valence-corrected chi connectivity index (χ2v) is 13.8. The first-order valence-corrected chi connectivity index (χ1v) is 17.6. The Balaban J connectivity index is 1.20. The Morgan fingerprint density at radius 1 is 0.917 bits per heavy atom. The van der Waals surface area contributed by atoms with Crippen molar-refractivity contribution >= 4 is 40.4 Å². The molecule has 7 nitrogen and oxygen atoms in total. The quantitative estimate of drug-likeness (QED) is 0.162. The molecule has 0 atom stereocenters. The van der Waals surface area contributed by atoms with Crippen LogP contribution in [0.25, 0.3) is 28.2 Å². The summed E-state index contributed by atoms with van der Waals surface area (Å²) in [5, 5.41) is 4.36. The van der Waals surface area contributed by atoms with Gasteiger partial charge in [-0.2, -0.15) is 0 Å². The van der Waals surface area contributed by atoms with Crippen molar-refractivity contribution in [3.05, 3.63) is 95.1 Å². The Labute approximate surface area is 283 Å². The molecule has 48 heavy (non-hydrogen) atoms. The van der Waals surface area contributed by atoms with Crippen LogP contribution in [0, 0.1) is 0 Å². The van der Waals surface area contributed by atoms with Crippen molar-refractivity contribution in [3.63, 3.8) is 0 Å². The Morgan fingerprint density at radius 2 is 1.67 bits per heavy atom. The number of amides is 2. The molecule has 2 heterocycles. The lowest BCUT2D eigenvalue weighted by Crippen LogP contribution is -2.55. The molecule has 0 saturated heterocycles. The fraction of sp³-hybridized carbons (Fsp3) is 0.390. The molecule has 2 saturated carbocycles. The van der Waals surface area contributed by atoms with Crippen LogP contribution in [0.5, 0.6) is 0 Å². The van der Waals surface area contributed by atoms with Gasteiger partial charge in [0.25, 0.3) is 5.91 Å². The monoisotopic (exact) mass is 643 g/mol. The van der Waals surface area contributed by atoms with Gasteiger partial charge < -0.3 is 19.5 Å². The van der Waals surface area contributed by atoms with Crippen LogP contribution >= 0.6 is 0 Å². The van der Waals surface area contributed by atoms with Crippen molar-refractivity contribution in [2.45, 2.75) is 88.6 Å². The van der Waals surface area contributed by atoms with Gasteiger partial charge in [-0.05, 0) is 91.5 Å². The van der Waals surface area contributed by atoms with E-state index in [1.165, 1.54) is 73.1 Å². The van der Waals surface area contributed by atoms with Gasteiger partial charge in [-0.1, -0.05) is 74.6 Å². The summed E-state index contributed by atoms with van der Waals surface area (Å²) in [5.41, 5.74) is 7.85. The van der Waals surface area contributed by atoms with Crippen LogP contribution in [0.2, 0.25) is 0 Å². The molecule has 248 valence electrons. The fourth-order valence-electron chi connectivity index (χ4n) is 8.45. The van der Waals surface area contributed by atoms with Crippen LogP contribution in [0.4, 0.5) is 5.69 Å². The number of methoxy groups -OCH3 is 1. The summed E-state index contributed by atoms with van der Waals surface area (Å²) < 4.78 is 7.15. The minimum absolute atomic E-state index is 0.124. The van der Waals surface area contributed by atoms with Crippen LogP contribution in [0.3, 0.4) is 0 Å². The highest BCUT2D eigenvalue weighted by atomic mass is 16.5. The molecule has 3 aliphatic rings. The van der Waals surface area contributed by atoms with Crippen molar-refractivity contribution in [1.29, 1.82) is 0 Å². The van der Waals surface area contributed by atoms with Crippen molar-refractivity contribution in [2.24, 2.45) is 0 Å². The van der Waals surface area contributed by atoms with Crippen molar-refractivity contribution in [2.75, 3.05) is 19.5 Å². The minimum Gasteiger partial charge on any atom is -0.466 e. The molecule has 3 aromatic carbocycles. The van der Waals surface area contributed by atoms with Gasteiger partial charge in [-0.25, -0.2) is 4.79 Å². The Hall–Kier alpha value is -4.65. The number of carbonyl (C=O) groups is 3. The fourth-order valence-corrected chi connectivity index (χ4v) is 8.45. The number of likely N-dealkylation sites (N-methyl/N-ethyl adjacent to an activating group) is 1. The number of carbonyl (C=O) groups excluding carboxylic acids is 3. The van der Waals surface area contributed by atoms with Crippen LogP contribution in [0.15, 0.2) is 72.8 Å². The molecule has 7 rings (SSSR count). The molecule has 2 fully saturated rings. The summed E-state index contributed by atoms with van der Waals surface area (Å²) in [6.45, 7) is 0.921. The third kappa shape index (κ3) is 5.84. The first-order chi connectivity index (χ1) is 23.4. The SMILES string of the molecule is COC(=O)/C=C/c1ccc(NC(=O)C2(N(C)C(=O)c3ccc4c(C5CCCCC5)c5n(c4c3)CCCc3ccccc3-5)CCCC2)cc1. The molecular formula is C41H45N3O4. The predicted molar refractivity (Wildman–Crippen MR) is 191 cm³/mol. The standard InChI is InChI=1S/C41H45N3O4/c1-43(41(24-8-9-25-41)40(47)42-32-20-16-28(17-21-32)18-23-36(45)48-2)39(46)31-19-22-34-35(27-31)44-26-10-14-29-11-6-7-15-33(29)38(44)37(34)30-12-4-3-5-13-30/h6-7,11,15-23,27,30H,3-5,8-10,12-14,24-26H2,1-2H3,(H,42,47)/b23-18+. The Bertz CT molecular complexity index is 1870. The third-order valence-electron chi connectivity index (χ3n) is 11.0. The molecule has 2 aliphatic carbocycles.